The van der Waals surface area contributed by atoms with Gasteiger partial charge in [-0.3, -0.25) is 0 Å². The third-order valence-corrected chi connectivity index (χ3v) is 5.29. The highest BCUT2D eigenvalue weighted by Gasteiger charge is 2.21. The summed E-state index contributed by atoms with van der Waals surface area (Å²) in [6, 6.07) is 27.9. The largest absolute Gasteiger partial charge is 0.398 e. The fraction of sp³-hybridized carbons (Fsp3) is 0.120. The lowest BCUT2D eigenvalue weighted by molar-refractivity contribution is -0.171. The Morgan fingerprint density at radius 2 is 1.25 bits per heavy atom. The van der Waals surface area contributed by atoms with Crippen LogP contribution >= 0.6 is 0 Å². The fourth-order valence-electron chi connectivity index (χ4n) is 3.67. The van der Waals surface area contributed by atoms with Gasteiger partial charge in [-0.1, -0.05) is 85.8 Å². The minimum atomic E-state index is -1.67. The first kappa shape index (κ1) is 18.2. The Balaban J connectivity index is 0.000000153. The molecule has 0 heterocycles. The molecular weight excluding hydrogens is 346 g/mol. The zero-order valence-electron chi connectivity index (χ0n) is 15.8. The maximum absolute atomic E-state index is 9.35. The van der Waals surface area contributed by atoms with Crippen molar-refractivity contribution in [1.29, 1.82) is 0 Å². The molecule has 0 unspecified atom stereocenters. The molecule has 140 valence electrons. The topological polar surface area (TPSA) is 66.5 Å². The zero-order chi connectivity index (χ0) is 19.7. The van der Waals surface area contributed by atoms with Crippen LogP contribution in [-0.2, 0) is 5.79 Å². The van der Waals surface area contributed by atoms with Crippen LogP contribution in [0.2, 0.25) is 0 Å². The second kappa shape index (κ2) is 7.12. The molecule has 5 aromatic rings. The van der Waals surface area contributed by atoms with Gasteiger partial charge in [0.05, 0.1) is 0 Å². The molecule has 28 heavy (non-hydrogen) atoms. The highest BCUT2D eigenvalue weighted by molar-refractivity contribution is 6.24. The molecule has 3 heteroatoms. The first-order valence-electron chi connectivity index (χ1n) is 9.43. The number of nitrogen functional groups attached to an aromatic ring is 1. The Morgan fingerprint density at radius 3 is 1.89 bits per heavy atom. The van der Waals surface area contributed by atoms with E-state index in [4.69, 9.17) is 5.73 Å². The molecule has 0 aliphatic heterocycles. The Bertz CT molecular complexity index is 1210. The summed E-state index contributed by atoms with van der Waals surface area (Å²) < 4.78 is 0. The van der Waals surface area contributed by atoms with E-state index in [1.165, 1.54) is 26.9 Å². The van der Waals surface area contributed by atoms with Crippen molar-refractivity contribution in [2.75, 3.05) is 5.73 Å². The van der Waals surface area contributed by atoms with E-state index in [1.807, 2.05) is 12.1 Å². The lowest BCUT2D eigenvalue weighted by atomic mass is 9.94. The highest BCUT2D eigenvalue weighted by atomic mass is 16.5. The molecule has 5 rings (SSSR count). The van der Waals surface area contributed by atoms with Gasteiger partial charge in [0, 0.05) is 23.1 Å². The van der Waals surface area contributed by atoms with Gasteiger partial charge in [-0.05, 0) is 33.0 Å². The molecule has 4 N–H and O–H groups in total. The molecule has 0 saturated heterocycles. The van der Waals surface area contributed by atoms with Crippen LogP contribution < -0.4 is 5.73 Å². The Hall–Kier alpha value is -3.14. The smallest absolute Gasteiger partial charge is 0.189 e. The predicted octanol–water partition coefficient (Wildman–Crippen LogP) is 5.40. The summed E-state index contributed by atoms with van der Waals surface area (Å²) in [4.78, 5) is 0. The van der Waals surface area contributed by atoms with Crippen molar-refractivity contribution in [2.24, 2.45) is 0 Å². The van der Waals surface area contributed by atoms with Gasteiger partial charge in [-0.25, -0.2) is 0 Å². The van der Waals surface area contributed by atoms with E-state index in [-0.39, 0.29) is 0 Å². The first-order valence-corrected chi connectivity index (χ1v) is 9.43. The Morgan fingerprint density at radius 1 is 0.679 bits per heavy atom. The van der Waals surface area contributed by atoms with Crippen LogP contribution in [0.25, 0.3) is 32.3 Å². The van der Waals surface area contributed by atoms with Gasteiger partial charge in [-0.15, -0.1) is 0 Å². The summed E-state index contributed by atoms with van der Waals surface area (Å²) in [5.41, 5.74) is 7.47. The zero-order valence-corrected chi connectivity index (χ0v) is 15.8. The summed E-state index contributed by atoms with van der Waals surface area (Å²) in [6.07, 6.45) is 0.303. The molecular formula is C25H23NO2. The van der Waals surface area contributed by atoms with Crippen LogP contribution in [0.3, 0.4) is 0 Å². The SMILES string of the molecule is CCC(O)(O)c1ccccc1.Nc1ccc2ccc3cccc4ccc1c2c34. The number of hydrogen-bond donors (Lipinski definition) is 3. The molecule has 0 aliphatic rings. The van der Waals surface area contributed by atoms with E-state index in [9.17, 15) is 10.2 Å². The molecule has 0 aliphatic carbocycles. The standard InChI is InChI=1S/C16H11N.C9H12O2/c17-14-9-7-12-5-4-10-2-1-3-11-6-8-13(14)16(12)15(10)11;1-2-9(10,11)8-6-4-3-5-7-8/h1-9H,17H2;3-7,10-11H,2H2,1H3. The van der Waals surface area contributed by atoms with Crippen LogP contribution in [0.1, 0.15) is 18.9 Å². The van der Waals surface area contributed by atoms with E-state index < -0.39 is 5.79 Å². The van der Waals surface area contributed by atoms with Gasteiger partial charge in [-0.2, -0.15) is 0 Å². The monoisotopic (exact) mass is 369 g/mol. The van der Waals surface area contributed by atoms with E-state index in [1.54, 1.807) is 31.2 Å². The molecule has 0 aromatic heterocycles. The number of nitrogens with two attached hydrogens (primary N) is 1. The van der Waals surface area contributed by atoms with Gasteiger partial charge in [0.1, 0.15) is 0 Å². The van der Waals surface area contributed by atoms with Gasteiger partial charge in [0.15, 0.2) is 5.79 Å². The lowest BCUT2D eigenvalue weighted by Gasteiger charge is -2.19. The number of benzene rings is 5. The molecule has 0 atom stereocenters. The fourth-order valence-corrected chi connectivity index (χ4v) is 3.67. The molecule has 0 radical (unpaired) electrons. The van der Waals surface area contributed by atoms with E-state index in [2.05, 4.69) is 48.5 Å². The quantitative estimate of drug-likeness (QED) is 0.222. The molecule has 0 saturated carbocycles. The van der Waals surface area contributed by atoms with Crippen molar-refractivity contribution < 1.29 is 10.2 Å². The van der Waals surface area contributed by atoms with Crippen molar-refractivity contribution in [3.63, 3.8) is 0 Å². The molecule has 0 fully saturated rings. The first-order chi connectivity index (χ1) is 13.5. The Labute approximate surface area is 164 Å². The van der Waals surface area contributed by atoms with Crippen molar-refractivity contribution in [3.8, 4) is 0 Å². The minimum absolute atomic E-state index is 0.303. The van der Waals surface area contributed by atoms with Crippen LogP contribution in [-0.4, -0.2) is 10.2 Å². The number of aliphatic hydroxyl groups is 2. The lowest BCUT2D eigenvalue weighted by Crippen LogP contribution is -2.23. The van der Waals surface area contributed by atoms with Crippen LogP contribution in [0.5, 0.6) is 0 Å². The van der Waals surface area contributed by atoms with Crippen LogP contribution in [0.15, 0.2) is 84.9 Å². The summed E-state index contributed by atoms with van der Waals surface area (Å²) >= 11 is 0. The van der Waals surface area contributed by atoms with Crippen LogP contribution in [0, 0.1) is 0 Å². The van der Waals surface area contributed by atoms with Crippen LogP contribution in [0.4, 0.5) is 5.69 Å². The predicted molar refractivity (Wildman–Crippen MR) is 117 cm³/mol. The maximum atomic E-state index is 9.35. The Kier molecular flexibility index (Phi) is 4.63. The van der Waals surface area contributed by atoms with Crippen molar-refractivity contribution in [2.45, 2.75) is 19.1 Å². The van der Waals surface area contributed by atoms with E-state index in [0.717, 1.165) is 11.1 Å². The number of hydrogen-bond acceptors (Lipinski definition) is 3. The summed E-state index contributed by atoms with van der Waals surface area (Å²) in [5, 5.41) is 26.3. The second-order valence-corrected chi connectivity index (χ2v) is 7.05. The van der Waals surface area contributed by atoms with Crippen molar-refractivity contribution in [3.05, 3.63) is 90.5 Å². The summed E-state index contributed by atoms with van der Waals surface area (Å²) in [5.74, 6) is -1.67. The van der Waals surface area contributed by atoms with Crippen molar-refractivity contribution >= 4 is 38.0 Å². The average molecular weight is 369 g/mol. The van der Waals surface area contributed by atoms with Gasteiger partial charge >= 0.3 is 0 Å². The van der Waals surface area contributed by atoms with E-state index >= 15 is 0 Å². The molecule has 5 aromatic carbocycles. The van der Waals surface area contributed by atoms with E-state index in [0.29, 0.717) is 12.0 Å². The third-order valence-electron chi connectivity index (χ3n) is 5.29. The minimum Gasteiger partial charge on any atom is -0.398 e. The average Bonchev–Trinajstić information content (AvgIpc) is 2.74. The molecule has 0 bridgehead atoms. The second-order valence-electron chi connectivity index (χ2n) is 7.05. The van der Waals surface area contributed by atoms with Crippen molar-refractivity contribution in [1.82, 2.24) is 0 Å². The summed E-state index contributed by atoms with van der Waals surface area (Å²) in [7, 11) is 0. The highest BCUT2D eigenvalue weighted by Crippen LogP contribution is 2.36. The normalized spacial score (nSPS) is 11.7. The van der Waals surface area contributed by atoms with Gasteiger partial charge < -0.3 is 15.9 Å². The third kappa shape index (κ3) is 3.15. The summed E-state index contributed by atoms with van der Waals surface area (Å²) in [6.45, 7) is 1.73. The van der Waals surface area contributed by atoms with Gasteiger partial charge in [0.25, 0.3) is 0 Å². The maximum Gasteiger partial charge on any atom is 0.189 e. The number of anilines is 1. The molecule has 3 nitrogen and oxygen atoms in total. The number of rotatable bonds is 2. The molecule has 0 spiro atoms. The van der Waals surface area contributed by atoms with Gasteiger partial charge in [0.2, 0.25) is 0 Å². The molecule has 0 amide bonds.